The minimum Gasteiger partial charge on any atom is -0.368 e. The molecule has 3 atom stereocenters. The summed E-state index contributed by atoms with van der Waals surface area (Å²) in [6.07, 6.45) is -1.75. The minimum absolute atomic E-state index is 0.0315. The van der Waals surface area contributed by atoms with E-state index in [2.05, 4.69) is 0 Å². The molecular weight excluding hydrogens is 383 g/mol. The van der Waals surface area contributed by atoms with Gasteiger partial charge in [-0.05, 0) is 44.4 Å². The normalized spacial score (nSPS) is 32.6. The molecule has 4 nitrogen and oxygen atoms in total. The molecule has 1 aromatic rings. The zero-order valence-corrected chi connectivity index (χ0v) is 16.3. The number of rotatable bonds is 1. The quantitative estimate of drug-likeness (QED) is 0.629. The molecule has 0 aliphatic carbocycles. The van der Waals surface area contributed by atoms with Crippen LogP contribution in [0, 0.1) is 5.92 Å². The van der Waals surface area contributed by atoms with Gasteiger partial charge in [0, 0.05) is 6.42 Å². The van der Waals surface area contributed by atoms with Crippen LogP contribution in [0.2, 0.25) is 5.02 Å². The number of halogens is 4. The Labute approximate surface area is 161 Å². The summed E-state index contributed by atoms with van der Waals surface area (Å²) in [5.41, 5.74) is -1.87. The fraction of sp³-hybridized carbons (Fsp3) is 0.632. The van der Waals surface area contributed by atoms with Gasteiger partial charge in [-0.25, -0.2) is 0 Å². The highest BCUT2D eigenvalue weighted by Crippen LogP contribution is 2.57. The van der Waals surface area contributed by atoms with Gasteiger partial charge in [-0.15, -0.1) is 0 Å². The van der Waals surface area contributed by atoms with Crippen molar-refractivity contribution in [2.45, 2.75) is 63.8 Å². The first-order chi connectivity index (χ1) is 12.6. The second-order valence-corrected chi connectivity index (χ2v) is 7.64. The lowest BCUT2D eigenvalue weighted by molar-refractivity contribution is -0.138. The zero-order chi connectivity index (χ0) is 20.0. The van der Waals surface area contributed by atoms with Gasteiger partial charge in [0.2, 0.25) is 0 Å². The van der Waals surface area contributed by atoms with E-state index < -0.39 is 28.3 Å². The lowest BCUT2D eigenvalue weighted by Crippen LogP contribution is -2.47. The number of alkyl halides is 3. The van der Waals surface area contributed by atoms with Crippen LogP contribution in [0.15, 0.2) is 18.2 Å². The van der Waals surface area contributed by atoms with Crippen molar-refractivity contribution in [1.29, 1.82) is 0 Å². The Morgan fingerprint density at radius 3 is 2.59 bits per heavy atom. The van der Waals surface area contributed by atoms with Crippen LogP contribution in [0.3, 0.4) is 0 Å². The summed E-state index contributed by atoms with van der Waals surface area (Å²) in [7, 11) is 0. The van der Waals surface area contributed by atoms with Crippen LogP contribution in [0.5, 0.6) is 0 Å². The lowest BCUT2D eigenvalue weighted by atomic mass is 9.73. The van der Waals surface area contributed by atoms with E-state index in [1.54, 1.807) is 0 Å². The molecule has 150 valence electrons. The largest absolute Gasteiger partial charge is 0.417 e. The monoisotopic (exact) mass is 405 g/mol. The van der Waals surface area contributed by atoms with Gasteiger partial charge in [-0.3, -0.25) is 9.63 Å². The van der Waals surface area contributed by atoms with Crippen molar-refractivity contribution in [2.75, 3.05) is 11.7 Å². The Hall–Kier alpha value is -1.31. The van der Waals surface area contributed by atoms with Crippen LogP contribution in [-0.2, 0) is 20.5 Å². The van der Waals surface area contributed by atoms with Gasteiger partial charge < -0.3 is 4.74 Å². The van der Waals surface area contributed by atoms with E-state index >= 15 is 0 Å². The van der Waals surface area contributed by atoms with Crippen molar-refractivity contribution in [3.8, 4) is 0 Å². The smallest absolute Gasteiger partial charge is 0.368 e. The first-order valence-corrected chi connectivity index (χ1v) is 9.55. The molecule has 4 rings (SSSR count). The van der Waals surface area contributed by atoms with E-state index in [9.17, 15) is 18.0 Å². The number of hydrogen-bond donors (Lipinski definition) is 0. The maximum absolute atomic E-state index is 13.1. The number of amides is 1. The number of hydroxylamine groups is 1. The van der Waals surface area contributed by atoms with Crippen molar-refractivity contribution in [3.05, 3.63) is 28.8 Å². The highest BCUT2D eigenvalue weighted by atomic mass is 35.5. The number of carbonyl (C=O) groups excluding carboxylic acids is 1. The van der Waals surface area contributed by atoms with Crippen molar-refractivity contribution in [1.82, 2.24) is 0 Å². The molecule has 0 aromatic heterocycles. The molecular formula is C19H23ClF3NO3. The standard InChI is InChI=1S/C17H17ClF3NO3.C2H6/c1-15-4-5-16(25-15)6-7-24-22(14(23)12(15)9-16)10-2-3-13(18)11(8-10)17(19,20)21;1-2/h2-3,8,12H,4-7,9H2,1H3;1-2H3/t12-,15?,16?;/m1./s1. The van der Waals surface area contributed by atoms with Crippen LogP contribution in [0.4, 0.5) is 18.9 Å². The maximum Gasteiger partial charge on any atom is 0.417 e. The van der Waals surface area contributed by atoms with Crippen molar-refractivity contribution >= 4 is 23.2 Å². The number of hydrogen-bond acceptors (Lipinski definition) is 3. The second kappa shape index (κ2) is 6.94. The molecule has 3 bridgehead atoms. The molecule has 0 radical (unpaired) electrons. The number of benzene rings is 1. The van der Waals surface area contributed by atoms with Gasteiger partial charge in [-0.1, -0.05) is 25.4 Å². The molecule has 3 aliphatic heterocycles. The van der Waals surface area contributed by atoms with Gasteiger partial charge in [0.05, 0.1) is 40.0 Å². The number of nitrogens with zero attached hydrogens (tertiary/aromatic N) is 1. The van der Waals surface area contributed by atoms with Gasteiger partial charge in [0.1, 0.15) is 0 Å². The summed E-state index contributed by atoms with van der Waals surface area (Å²) in [6.45, 7) is 6.11. The predicted molar refractivity (Wildman–Crippen MR) is 95.4 cm³/mol. The Morgan fingerprint density at radius 1 is 1.22 bits per heavy atom. The molecule has 27 heavy (non-hydrogen) atoms. The molecule has 8 heteroatoms. The third-order valence-corrected chi connectivity index (χ3v) is 5.94. The molecule has 1 aromatic carbocycles. The van der Waals surface area contributed by atoms with Crippen molar-refractivity contribution in [2.24, 2.45) is 5.92 Å². The van der Waals surface area contributed by atoms with Gasteiger partial charge in [0.15, 0.2) is 0 Å². The predicted octanol–water partition coefficient (Wildman–Crippen LogP) is 5.38. The Balaban J connectivity index is 0.00000102. The maximum atomic E-state index is 13.1. The SMILES string of the molecule is CC.CC12CCC3(CCON(c4ccc(Cl)c(C(F)(F)F)c4)C(=O)[C@H]1C3)O2. The number of carbonyl (C=O) groups is 1. The van der Waals surface area contributed by atoms with E-state index in [1.807, 2.05) is 20.8 Å². The summed E-state index contributed by atoms with van der Waals surface area (Å²) in [6, 6.07) is 3.35. The third-order valence-electron chi connectivity index (χ3n) is 5.61. The van der Waals surface area contributed by atoms with Crippen LogP contribution in [-0.4, -0.2) is 23.7 Å². The molecule has 1 amide bonds. The van der Waals surface area contributed by atoms with Crippen molar-refractivity contribution < 1.29 is 27.5 Å². The Kier molecular flexibility index (Phi) is 5.25. The molecule has 3 fully saturated rings. The molecule has 3 aliphatic rings. The fourth-order valence-corrected chi connectivity index (χ4v) is 4.49. The second-order valence-electron chi connectivity index (χ2n) is 7.23. The third kappa shape index (κ3) is 3.45. The summed E-state index contributed by atoms with van der Waals surface area (Å²) in [4.78, 5) is 18.6. The molecule has 0 saturated carbocycles. The summed E-state index contributed by atoms with van der Waals surface area (Å²) < 4.78 is 45.5. The summed E-state index contributed by atoms with van der Waals surface area (Å²) in [5.74, 6) is -0.786. The van der Waals surface area contributed by atoms with Gasteiger partial charge >= 0.3 is 6.18 Å². The molecule has 2 unspecified atom stereocenters. The fourth-order valence-electron chi connectivity index (χ4n) is 4.26. The Bertz CT molecular complexity index is 741. The van der Waals surface area contributed by atoms with Crippen molar-refractivity contribution in [3.63, 3.8) is 0 Å². The highest BCUT2D eigenvalue weighted by molar-refractivity contribution is 6.31. The van der Waals surface area contributed by atoms with Gasteiger partial charge in [-0.2, -0.15) is 18.2 Å². The van der Waals surface area contributed by atoms with E-state index in [0.717, 1.165) is 30.0 Å². The van der Waals surface area contributed by atoms with Crippen LogP contribution >= 0.6 is 11.6 Å². The average molecular weight is 406 g/mol. The zero-order valence-electron chi connectivity index (χ0n) is 15.5. The van der Waals surface area contributed by atoms with E-state index in [-0.39, 0.29) is 23.8 Å². The summed E-state index contributed by atoms with van der Waals surface area (Å²) >= 11 is 5.67. The summed E-state index contributed by atoms with van der Waals surface area (Å²) in [5, 5.41) is 0.572. The van der Waals surface area contributed by atoms with E-state index in [1.165, 1.54) is 6.07 Å². The van der Waals surface area contributed by atoms with E-state index in [0.29, 0.717) is 12.8 Å². The van der Waals surface area contributed by atoms with Crippen LogP contribution in [0.25, 0.3) is 0 Å². The minimum atomic E-state index is -4.61. The highest BCUT2D eigenvalue weighted by Gasteiger charge is 2.62. The average Bonchev–Trinajstić information content (AvgIpc) is 3.11. The number of ether oxygens (including phenoxy) is 1. The molecule has 3 saturated heterocycles. The molecule has 1 spiro atoms. The molecule has 3 heterocycles. The van der Waals surface area contributed by atoms with Crippen LogP contribution in [0.1, 0.15) is 52.0 Å². The number of anilines is 1. The Morgan fingerprint density at radius 2 is 1.93 bits per heavy atom. The van der Waals surface area contributed by atoms with E-state index in [4.69, 9.17) is 21.2 Å². The number of fused-ring (bicyclic) bond motifs is 3. The first kappa shape index (κ1) is 20.4. The van der Waals surface area contributed by atoms with Gasteiger partial charge in [0.25, 0.3) is 5.91 Å². The first-order valence-electron chi connectivity index (χ1n) is 9.17. The lowest BCUT2D eigenvalue weighted by Gasteiger charge is -2.35. The van der Waals surface area contributed by atoms with Crippen LogP contribution < -0.4 is 5.06 Å². The topological polar surface area (TPSA) is 38.8 Å². The molecule has 0 N–H and O–H groups in total.